The lowest BCUT2D eigenvalue weighted by atomic mass is 10.2. The SMILES string of the molecule is O=[C]c1cc(S(=O)(=O)O)ccc1Cl. The van der Waals surface area contributed by atoms with Crippen LogP contribution >= 0.6 is 11.6 Å². The van der Waals surface area contributed by atoms with Crippen LogP contribution in [0.2, 0.25) is 5.02 Å². The second-order valence-electron chi connectivity index (χ2n) is 2.22. The van der Waals surface area contributed by atoms with E-state index in [0.29, 0.717) is 0 Å². The molecule has 1 radical (unpaired) electrons. The molecule has 6 heteroatoms. The molecule has 0 aliphatic carbocycles. The van der Waals surface area contributed by atoms with Crippen LogP contribution in [-0.2, 0) is 14.9 Å². The molecule has 13 heavy (non-hydrogen) atoms. The van der Waals surface area contributed by atoms with Crippen molar-refractivity contribution in [3.8, 4) is 0 Å². The highest BCUT2D eigenvalue weighted by atomic mass is 35.5. The van der Waals surface area contributed by atoms with E-state index in [0.717, 1.165) is 12.1 Å². The molecule has 0 bridgehead atoms. The second kappa shape index (κ2) is 3.45. The lowest BCUT2D eigenvalue weighted by Crippen LogP contribution is -1.99. The molecule has 0 aromatic heterocycles. The minimum atomic E-state index is -4.29. The fourth-order valence-electron chi connectivity index (χ4n) is 0.743. The maximum absolute atomic E-state index is 10.6. The molecule has 0 unspecified atom stereocenters. The number of benzene rings is 1. The van der Waals surface area contributed by atoms with Gasteiger partial charge in [-0.15, -0.1) is 0 Å². The molecule has 1 aromatic carbocycles. The molecule has 4 nitrogen and oxygen atoms in total. The summed E-state index contributed by atoms with van der Waals surface area (Å²) in [6.45, 7) is 0. The van der Waals surface area contributed by atoms with E-state index in [2.05, 4.69) is 0 Å². The number of halogens is 1. The molecule has 1 rings (SSSR count). The Bertz CT molecular complexity index is 438. The fourth-order valence-corrected chi connectivity index (χ4v) is 1.41. The summed E-state index contributed by atoms with van der Waals surface area (Å²) in [5.41, 5.74) is -0.100. The third-order valence-electron chi connectivity index (χ3n) is 1.35. The van der Waals surface area contributed by atoms with Gasteiger partial charge in [-0.05, 0) is 18.2 Å². The molecule has 0 spiro atoms. The first-order valence-electron chi connectivity index (χ1n) is 3.10. The first-order valence-corrected chi connectivity index (χ1v) is 4.92. The van der Waals surface area contributed by atoms with Gasteiger partial charge in [0.15, 0.2) is 0 Å². The van der Waals surface area contributed by atoms with E-state index in [4.69, 9.17) is 16.2 Å². The summed E-state index contributed by atoms with van der Waals surface area (Å²) in [6, 6.07) is 3.24. The zero-order valence-electron chi connectivity index (χ0n) is 6.19. The second-order valence-corrected chi connectivity index (χ2v) is 4.05. The largest absolute Gasteiger partial charge is 0.294 e. The van der Waals surface area contributed by atoms with Crippen molar-refractivity contribution in [1.29, 1.82) is 0 Å². The van der Waals surface area contributed by atoms with Crippen LogP contribution in [0.1, 0.15) is 5.56 Å². The summed E-state index contributed by atoms with van der Waals surface area (Å²) in [4.78, 5) is 9.84. The van der Waals surface area contributed by atoms with Gasteiger partial charge in [-0.3, -0.25) is 9.35 Å². The topological polar surface area (TPSA) is 71.4 Å². The Balaban J connectivity index is 3.38. The van der Waals surface area contributed by atoms with Crippen LogP contribution in [0.4, 0.5) is 0 Å². The van der Waals surface area contributed by atoms with Crippen LogP contribution in [0, 0.1) is 0 Å². The molecule has 0 fully saturated rings. The molecule has 0 aliphatic rings. The fraction of sp³-hybridized carbons (Fsp3) is 0. The van der Waals surface area contributed by atoms with Gasteiger partial charge in [0.1, 0.15) is 0 Å². The van der Waals surface area contributed by atoms with Crippen molar-refractivity contribution in [2.45, 2.75) is 4.90 Å². The van der Waals surface area contributed by atoms with Crippen molar-refractivity contribution in [3.05, 3.63) is 28.8 Å². The standard InChI is InChI=1S/C7H4ClO4S/c8-7-2-1-6(13(10,11)12)3-5(7)4-9/h1-3H,(H,10,11,12). The van der Waals surface area contributed by atoms with E-state index in [9.17, 15) is 13.2 Å². The van der Waals surface area contributed by atoms with Gasteiger partial charge in [0.05, 0.1) is 9.92 Å². The van der Waals surface area contributed by atoms with Crippen molar-refractivity contribution in [2.24, 2.45) is 0 Å². The van der Waals surface area contributed by atoms with Gasteiger partial charge in [0.25, 0.3) is 10.1 Å². The van der Waals surface area contributed by atoms with Crippen molar-refractivity contribution in [1.82, 2.24) is 0 Å². The predicted octanol–water partition coefficient (Wildman–Crippen LogP) is 1.04. The highest BCUT2D eigenvalue weighted by molar-refractivity contribution is 7.85. The van der Waals surface area contributed by atoms with Gasteiger partial charge in [-0.2, -0.15) is 8.42 Å². The molecule has 0 aliphatic heterocycles. The lowest BCUT2D eigenvalue weighted by molar-refractivity contribution is 0.483. The number of hydrogen-bond acceptors (Lipinski definition) is 3. The number of carbonyl (C=O) groups excluding carboxylic acids is 1. The summed E-state index contributed by atoms with van der Waals surface area (Å²) >= 11 is 5.51. The van der Waals surface area contributed by atoms with E-state index >= 15 is 0 Å². The maximum Gasteiger partial charge on any atom is 0.294 e. The Labute approximate surface area is 79.9 Å². The average molecular weight is 220 g/mol. The van der Waals surface area contributed by atoms with Gasteiger partial charge in [0, 0.05) is 5.56 Å². The van der Waals surface area contributed by atoms with E-state index < -0.39 is 10.1 Å². The molecular formula is C7H4ClO4S. The van der Waals surface area contributed by atoms with Crippen molar-refractivity contribution in [2.75, 3.05) is 0 Å². The first-order chi connectivity index (χ1) is 5.95. The third kappa shape index (κ3) is 2.27. The van der Waals surface area contributed by atoms with Crippen LogP contribution in [0.15, 0.2) is 23.1 Å². The highest BCUT2D eigenvalue weighted by Crippen LogP contribution is 2.18. The van der Waals surface area contributed by atoms with Gasteiger partial charge in [-0.1, -0.05) is 11.6 Å². The van der Waals surface area contributed by atoms with Gasteiger partial charge >= 0.3 is 0 Å². The van der Waals surface area contributed by atoms with Gasteiger partial charge in [-0.25, -0.2) is 0 Å². The maximum atomic E-state index is 10.6. The molecule has 69 valence electrons. The normalized spacial score (nSPS) is 11.2. The first kappa shape index (κ1) is 10.2. The number of hydrogen-bond donors (Lipinski definition) is 1. The van der Waals surface area contributed by atoms with Crippen LogP contribution in [0.25, 0.3) is 0 Å². The molecule has 1 N–H and O–H groups in total. The Hall–Kier alpha value is -0.910. The Morgan fingerprint density at radius 3 is 2.46 bits per heavy atom. The molecule has 0 atom stereocenters. The summed E-state index contributed by atoms with van der Waals surface area (Å²) in [6.07, 6.45) is 1.45. The number of rotatable bonds is 2. The van der Waals surface area contributed by atoms with E-state index in [-0.39, 0.29) is 15.5 Å². The minimum absolute atomic E-state index is 0.0856. The van der Waals surface area contributed by atoms with Crippen LogP contribution in [0.5, 0.6) is 0 Å². The smallest absolute Gasteiger partial charge is 0.285 e. The van der Waals surface area contributed by atoms with Crippen LogP contribution in [0.3, 0.4) is 0 Å². The average Bonchev–Trinajstić information content (AvgIpc) is 2.03. The molecular weight excluding hydrogens is 216 g/mol. The van der Waals surface area contributed by atoms with Crippen molar-refractivity contribution < 1.29 is 17.8 Å². The van der Waals surface area contributed by atoms with Crippen molar-refractivity contribution in [3.63, 3.8) is 0 Å². The van der Waals surface area contributed by atoms with E-state index in [1.807, 2.05) is 0 Å². The molecule has 0 saturated carbocycles. The van der Waals surface area contributed by atoms with Gasteiger partial charge < -0.3 is 0 Å². The molecule has 0 amide bonds. The monoisotopic (exact) mass is 219 g/mol. The van der Waals surface area contributed by atoms with Crippen LogP contribution < -0.4 is 0 Å². The minimum Gasteiger partial charge on any atom is -0.285 e. The van der Waals surface area contributed by atoms with E-state index in [1.165, 1.54) is 12.4 Å². The Morgan fingerprint density at radius 2 is 2.00 bits per heavy atom. The van der Waals surface area contributed by atoms with Crippen molar-refractivity contribution >= 4 is 28.0 Å². The highest BCUT2D eigenvalue weighted by Gasteiger charge is 2.11. The van der Waals surface area contributed by atoms with Gasteiger partial charge in [0.2, 0.25) is 6.29 Å². The molecule has 0 saturated heterocycles. The van der Waals surface area contributed by atoms with Crippen LogP contribution in [-0.4, -0.2) is 19.3 Å². The zero-order chi connectivity index (χ0) is 10.1. The quantitative estimate of drug-likeness (QED) is 0.755. The van der Waals surface area contributed by atoms with E-state index in [1.54, 1.807) is 0 Å². The predicted molar refractivity (Wildman–Crippen MR) is 46.1 cm³/mol. The summed E-state index contributed by atoms with van der Waals surface area (Å²) in [5, 5.41) is 0.0856. The lowest BCUT2D eigenvalue weighted by Gasteiger charge is -1.98. The Morgan fingerprint density at radius 1 is 1.38 bits per heavy atom. The summed E-state index contributed by atoms with van der Waals surface area (Å²) in [5.74, 6) is 0. The molecule has 0 heterocycles. The Kier molecular flexibility index (Phi) is 2.70. The summed E-state index contributed by atoms with van der Waals surface area (Å²) in [7, 11) is -4.29. The third-order valence-corrected chi connectivity index (χ3v) is 2.52. The molecule has 1 aromatic rings. The zero-order valence-corrected chi connectivity index (χ0v) is 7.76. The summed E-state index contributed by atoms with van der Waals surface area (Å²) < 4.78 is 29.8.